The van der Waals surface area contributed by atoms with Crippen LogP contribution >= 0.6 is 0 Å². The van der Waals surface area contributed by atoms with Gasteiger partial charge in [0.05, 0.1) is 28.6 Å². The molecule has 2 amide bonds. The average molecular weight is 792 g/mol. The van der Waals surface area contributed by atoms with E-state index in [-0.39, 0.29) is 35.1 Å². The molecule has 1 saturated carbocycles. The van der Waals surface area contributed by atoms with Crippen LogP contribution in [0.2, 0.25) is 0 Å². The number of hydrogen-bond donors (Lipinski definition) is 2. The van der Waals surface area contributed by atoms with Crippen LogP contribution in [0.1, 0.15) is 90.2 Å². The van der Waals surface area contributed by atoms with Gasteiger partial charge < -0.3 is 29.0 Å². The van der Waals surface area contributed by atoms with Crippen molar-refractivity contribution in [2.24, 2.45) is 5.92 Å². The van der Waals surface area contributed by atoms with Gasteiger partial charge in [0, 0.05) is 23.7 Å². The minimum atomic E-state index is -5.46. The van der Waals surface area contributed by atoms with Gasteiger partial charge in [0.2, 0.25) is 5.88 Å². The predicted octanol–water partition coefficient (Wildman–Crippen LogP) is 8.35. The Bertz CT molecular complexity index is 2170. The van der Waals surface area contributed by atoms with E-state index >= 15 is 8.78 Å². The van der Waals surface area contributed by atoms with E-state index in [9.17, 15) is 32.7 Å². The number of fused-ring (bicyclic) bond motifs is 5. The lowest BCUT2D eigenvalue weighted by atomic mass is 9.87. The zero-order chi connectivity index (χ0) is 41.0. The van der Waals surface area contributed by atoms with Gasteiger partial charge >= 0.3 is 24.5 Å². The Labute approximate surface area is 318 Å². The molecule has 4 aliphatic rings. The predicted molar refractivity (Wildman–Crippen MR) is 191 cm³/mol. The number of benzene rings is 1. The van der Waals surface area contributed by atoms with Crippen LogP contribution in [-0.4, -0.2) is 86.0 Å². The Kier molecular flexibility index (Phi) is 9.03. The van der Waals surface area contributed by atoms with Crippen molar-refractivity contribution in [2.75, 3.05) is 16.8 Å². The Morgan fingerprint density at radius 2 is 1.64 bits per heavy atom. The van der Waals surface area contributed by atoms with Gasteiger partial charge in [-0.25, -0.2) is 33.1 Å². The maximum Gasteiger partial charge on any atom is 0.573 e. The van der Waals surface area contributed by atoms with E-state index in [2.05, 4.69) is 20.0 Å². The Morgan fingerprint density at radius 1 is 0.982 bits per heavy atom. The first-order valence-electron chi connectivity index (χ1n) is 18.2. The third-order valence-corrected chi connectivity index (χ3v) is 10.5. The van der Waals surface area contributed by atoms with Crippen molar-refractivity contribution in [3.05, 3.63) is 35.0 Å². The molecule has 18 heteroatoms. The molecule has 56 heavy (non-hydrogen) atoms. The Morgan fingerprint density at radius 3 is 2.23 bits per heavy atom. The number of halogens is 5. The summed E-state index contributed by atoms with van der Waals surface area (Å²) in [6.07, 6.45) is -5.10. The zero-order valence-corrected chi connectivity index (χ0v) is 32.0. The number of nitrogens with zero attached hydrogens (tertiary/aromatic N) is 4. The standard InChI is InChI=1S/C38H42F5N5O8/c1-16-23-24-30(45-26(16)32(49)50)47-15-37(18-9-10-18)12-11-22(48(37)34(52)56-36(6,7)8)28(47)17(2)53-31(24)46-27(25(23)40)20-13-19(44-33(51)55-35(3,4)5)14-21(39)29(20)54-38(41,42)43/h13-14,17-18,22,28H,9-12,15H2,1-8H3,(H,44,51)(H,49,50)/t17-,22-,28+,37+/m0/s1. The van der Waals surface area contributed by atoms with Gasteiger partial charge in [0.1, 0.15) is 28.8 Å². The fourth-order valence-electron chi connectivity index (χ4n) is 8.50. The molecule has 0 unspecified atom stereocenters. The second kappa shape index (κ2) is 12.9. The number of alkyl halides is 3. The van der Waals surface area contributed by atoms with Crippen LogP contribution in [0.5, 0.6) is 11.6 Å². The van der Waals surface area contributed by atoms with E-state index in [0.717, 1.165) is 18.9 Å². The summed E-state index contributed by atoms with van der Waals surface area (Å²) in [5.74, 6) is -6.17. The first kappa shape index (κ1) is 39.1. The van der Waals surface area contributed by atoms with Crippen LogP contribution in [-0.2, 0) is 9.47 Å². The van der Waals surface area contributed by atoms with Crippen molar-refractivity contribution in [2.45, 2.75) is 122 Å². The van der Waals surface area contributed by atoms with Crippen LogP contribution in [0.3, 0.4) is 0 Å². The summed E-state index contributed by atoms with van der Waals surface area (Å²) in [5, 5.41) is 12.1. The molecule has 0 spiro atoms. The van der Waals surface area contributed by atoms with Crippen molar-refractivity contribution in [1.82, 2.24) is 14.9 Å². The summed E-state index contributed by atoms with van der Waals surface area (Å²) in [6, 6.07) is 0.140. The number of nitrogens with one attached hydrogen (secondary N) is 1. The molecule has 3 aliphatic heterocycles. The number of hydrogen-bond acceptors (Lipinski definition) is 10. The first-order valence-corrected chi connectivity index (χ1v) is 18.2. The molecule has 2 bridgehead atoms. The highest BCUT2D eigenvalue weighted by atomic mass is 19.4. The molecule has 302 valence electrons. The zero-order valence-electron chi connectivity index (χ0n) is 32.0. The Hall–Kier alpha value is -5.16. The minimum Gasteiger partial charge on any atom is -0.477 e. The quantitative estimate of drug-likeness (QED) is 0.240. The average Bonchev–Trinajstić information content (AvgIpc) is 3.86. The maximum absolute atomic E-state index is 17.3. The summed E-state index contributed by atoms with van der Waals surface area (Å²) in [4.78, 5) is 51.9. The van der Waals surface area contributed by atoms with E-state index in [1.807, 2.05) is 4.90 Å². The second-order valence-corrected chi connectivity index (χ2v) is 16.8. The number of pyridine rings is 2. The number of carbonyl (C=O) groups is 3. The number of piperazine rings is 1. The normalized spacial score (nSPS) is 23.3. The Balaban J connectivity index is 1.45. The molecule has 2 saturated heterocycles. The van der Waals surface area contributed by atoms with Gasteiger partial charge in [-0.05, 0) is 98.6 Å². The summed E-state index contributed by atoms with van der Waals surface area (Å²) in [7, 11) is 0. The monoisotopic (exact) mass is 791 g/mol. The smallest absolute Gasteiger partial charge is 0.477 e. The molecular formula is C38H42F5N5O8. The topological polar surface area (TPSA) is 153 Å². The molecule has 3 aromatic rings. The van der Waals surface area contributed by atoms with Gasteiger partial charge in [0.25, 0.3) is 0 Å². The molecule has 7 rings (SSSR count). The molecule has 2 aromatic heterocycles. The molecule has 0 radical (unpaired) electrons. The number of aromatic carboxylic acids is 1. The lowest BCUT2D eigenvalue weighted by molar-refractivity contribution is -0.275. The highest BCUT2D eigenvalue weighted by Gasteiger charge is 2.65. The highest BCUT2D eigenvalue weighted by Crippen LogP contribution is 2.57. The second-order valence-electron chi connectivity index (χ2n) is 16.8. The number of rotatable bonds is 5. The maximum atomic E-state index is 17.3. The SMILES string of the molecule is Cc1c(C(=O)O)nc2c3c(nc(-c4cc(NC(=O)OC(C)(C)C)cc(F)c4OC(F)(F)F)c(F)c13)O[C@@H](C)[C@@H]1[C@@H]3CC[C@](C4CC4)(CN21)N3C(=O)OC(C)(C)C. The number of amides is 2. The van der Waals surface area contributed by atoms with E-state index in [1.54, 1.807) is 53.4 Å². The van der Waals surface area contributed by atoms with Crippen molar-refractivity contribution < 1.29 is 60.4 Å². The van der Waals surface area contributed by atoms with E-state index < -0.39 is 105 Å². The van der Waals surface area contributed by atoms with Crippen molar-refractivity contribution in [3.63, 3.8) is 0 Å². The van der Waals surface area contributed by atoms with E-state index in [0.29, 0.717) is 18.9 Å². The molecule has 1 aliphatic carbocycles. The summed E-state index contributed by atoms with van der Waals surface area (Å²) in [5.41, 5.74) is -5.51. The minimum absolute atomic E-state index is 0.00403. The van der Waals surface area contributed by atoms with Crippen LogP contribution in [0.15, 0.2) is 12.1 Å². The molecule has 13 nitrogen and oxygen atoms in total. The van der Waals surface area contributed by atoms with E-state index in [1.165, 1.54) is 6.92 Å². The molecular weight excluding hydrogens is 749 g/mol. The van der Waals surface area contributed by atoms with Gasteiger partial charge in [-0.2, -0.15) is 0 Å². The highest BCUT2D eigenvalue weighted by molar-refractivity contribution is 6.05. The number of carboxylic acid groups (broad SMARTS) is 1. The number of ether oxygens (including phenoxy) is 4. The number of carbonyl (C=O) groups excluding carboxylic acids is 2. The lowest BCUT2D eigenvalue weighted by Crippen LogP contribution is -2.71. The fraction of sp³-hybridized carbons (Fsp3) is 0.553. The van der Waals surface area contributed by atoms with Gasteiger partial charge in [-0.1, -0.05) is 0 Å². The van der Waals surface area contributed by atoms with Crippen molar-refractivity contribution in [1.29, 1.82) is 0 Å². The number of anilines is 2. The molecule has 5 heterocycles. The third-order valence-electron chi connectivity index (χ3n) is 10.5. The largest absolute Gasteiger partial charge is 0.573 e. The van der Waals surface area contributed by atoms with Crippen LogP contribution in [0.4, 0.5) is 43.0 Å². The molecule has 2 N–H and O–H groups in total. The van der Waals surface area contributed by atoms with E-state index in [4.69, 9.17) is 14.2 Å². The number of carboxylic acids is 1. The molecule has 1 aromatic carbocycles. The number of aryl methyl sites for hydroxylation is 1. The number of aromatic nitrogens is 2. The van der Waals surface area contributed by atoms with Crippen LogP contribution in [0.25, 0.3) is 22.0 Å². The third kappa shape index (κ3) is 6.84. The van der Waals surface area contributed by atoms with Gasteiger partial charge in [0.15, 0.2) is 23.1 Å². The molecule has 3 fully saturated rings. The lowest BCUT2D eigenvalue weighted by Gasteiger charge is -2.54. The van der Waals surface area contributed by atoms with Crippen molar-refractivity contribution in [3.8, 4) is 22.9 Å². The first-order chi connectivity index (χ1) is 25.9. The van der Waals surface area contributed by atoms with Crippen LogP contribution < -0.4 is 19.7 Å². The summed E-state index contributed by atoms with van der Waals surface area (Å²) in [6.45, 7) is 13.1. The fourth-order valence-corrected chi connectivity index (χ4v) is 8.50. The summed E-state index contributed by atoms with van der Waals surface area (Å²) < 4.78 is 95.9. The molecule has 4 atom stereocenters. The van der Waals surface area contributed by atoms with Gasteiger partial charge in [-0.15, -0.1) is 13.2 Å². The summed E-state index contributed by atoms with van der Waals surface area (Å²) >= 11 is 0. The van der Waals surface area contributed by atoms with Gasteiger partial charge in [-0.3, -0.25) is 10.2 Å². The van der Waals surface area contributed by atoms with Crippen molar-refractivity contribution >= 4 is 40.4 Å². The van der Waals surface area contributed by atoms with Crippen LogP contribution in [0, 0.1) is 24.5 Å².